The van der Waals surface area contributed by atoms with Gasteiger partial charge in [0.2, 0.25) is 10.0 Å². The summed E-state index contributed by atoms with van der Waals surface area (Å²) in [5, 5.41) is 10.7. The molecule has 5 nitrogen and oxygen atoms in total. The second-order valence-electron chi connectivity index (χ2n) is 7.00. The van der Waals surface area contributed by atoms with Crippen LogP contribution < -0.4 is 0 Å². The van der Waals surface area contributed by atoms with E-state index in [0.29, 0.717) is 44.6 Å². The number of sulfonamides is 1. The van der Waals surface area contributed by atoms with Crippen molar-refractivity contribution >= 4 is 10.0 Å². The molecular weight excluding hydrogens is 333 g/mol. The molecule has 0 radical (unpaired) electrons. The molecule has 0 aliphatic carbocycles. The second-order valence-corrected chi connectivity index (χ2v) is 8.86. The summed E-state index contributed by atoms with van der Waals surface area (Å²) in [6, 6.07) is 4.04. The van der Waals surface area contributed by atoms with Crippen molar-refractivity contribution in [3.05, 3.63) is 29.6 Å². The van der Waals surface area contributed by atoms with Gasteiger partial charge in [0.1, 0.15) is 10.7 Å². The standard InChI is InChI=1S/C17H24FNO4S/c1-12-5-3-7-15(16(12)18)24(21,22)19-9-4-6-14(19)13-11-23-10-8-17(13,2)20/h3,5,7,13-14,20H,4,6,8-11H2,1-2H3/t13-,14-,17-/m1/s1. The molecule has 1 aromatic rings. The fraction of sp³-hybridized carbons (Fsp3) is 0.647. The van der Waals surface area contributed by atoms with Crippen molar-refractivity contribution in [3.63, 3.8) is 0 Å². The molecule has 1 aromatic carbocycles. The maximum absolute atomic E-state index is 14.4. The van der Waals surface area contributed by atoms with Gasteiger partial charge < -0.3 is 9.84 Å². The SMILES string of the molecule is Cc1cccc(S(=O)(=O)N2CCC[C@@H]2[C@H]2COCC[C@@]2(C)O)c1F. The quantitative estimate of drug-likeness (QED) is 0.899. The Bertz CT molecular complexity index is 719. The van der Waals surface area contributed by atoms with Gasteiger partial charge in [-0.05, 0) is 44.7 Å². The Balaban J connectivity index is 1.96. The van der Waals surface area contributed by atoms with Crippen molar-refractivity contribution in [2.75, 3.05) is 19.8 Å². The van der Waals surface area contributed by atoms with E-state index >= 15 is 0 Å². The number of benzene rings is 1. The third kappa shape index (κ3) is 2.98. The van der Waals surface area contributed by atoms with Gasteiger partial charge in [-0.25, -0.2) is 12.8 Å². The van der Waals surface area contributed by atoms with E-state index in [1.54, 1.807) is 26.0 Å². The van der Waals surface area contributed by atoms with Crippen molar-refractivity contribution in [2.45, 2.75) is 49.6 Å². The topological polar surface area (TPSA) is 66.8 Å². The first-order chi connectivity index (χ1) is 11.2. The Morgan fingerprint density at radius 1 is 1.42 bits per heavy atom. The van der Waals surface area contributed by atoms with Crippen LogP contribution in [0.5, 0.6) is 0 Å². The molecular formula is C17H24FNO4S. The molecule has 0 unspecified atom stereocenters. The molecule has 2 heterocycles. The molecule has 2 saturated heterocycles. The number of halogens is 1. The Morgan fingerprint density at radius 3 is 2.88 bits per heavy atom. The number of aliphatic hydroxyl groups is 1. The summed E-state index contributed by atoms with van der Waals surface area (Å²) in [7, 11) is -3.95. The average molecular weight is 357 g/mol. The van der Waals surface area contributed by atoms with Crippen LogP contribution in [0.4, 0.5) is 4.39 Å². The van der Waals surface area contributed by atoms with Gasteiger partial charge in [-0.3, -0.25) is 0 Å². The molecule has 7 heteroatoms. The number of rotatable bonds is 3. The van der Waals surface area contributed by atoms with Crippen molar-refractivity contribution in [1.82, 2.24) is 4.31 Å². The third-order valence-electron chi connectivity index (χ3n) is 5.30. The summed E-state index contributed by atoms with van der Waals surface area (Å²) in [4.78, 5) is -0.286. The smallest absolute Gasteiger partial charge is 0.246 e. The molecule has 0 spiro atoms. The fourth-order valence-corrected chi connectivity index (χ4v) is 5.66. The molecule has 2 aliphatic rings. The van der Waals surface area contributed by atoms with Gasteiger partial charge in [0.15, 0.2) is 0 Å². The largest absolute Gasteiger partial charge is 0.390 e. The summed E-state index contributed by atoms with van der Waals surface area (Å²) in [5.41, 5.74) is -0.675. The first-order valence-electron chi connectivity index (χ1n) is 8.32. The molecule has 2 aliphatic heterocycles. The molecule has 0 saturated carbocycles. The number of nitrogens with zero attached hydrogens (tertiary/aromatic N) is 1. The maximum Gasteiger partial charge on any atom is 0.246 e. The van der Waals surface area contributed by atoms with Gasteiger partial charge in [0, 0.05) is 25.1 Å². The first kappa shape index (κ1) is 17.8. The van der Waals surface area contributed by atoms with Crippen LogP contribution in [0.15, 0.2) is 23.1 Å². The molecule has 1 N–H and O–H groups in total. The van der Waals surface area contributed by atoms with Gasteiger partial charge in [-0.2, -0.15) is 4.31 Å². The lowest BCUT2D eigenvalue weighted by molar-refractivity contribution is -0.116. The van der Waals surface area contributed by atoms with Crippen molar-refractivity contribution in [1.29, 1.82) is 0 Å². The molecule has 134 valence electrons. The van der Waals surface area contributed by atoms with Gasteiger partial charge >= 0.3 is 0 Å². The summed E-state index contributed by atoms with van der Waals surface area (Å²) in [5.74, 6) is -1.01. The zero-order chi connectivity index (χ0) is 17.5. The van der Waals surface area contributed by atoms with Crippen LogP contribution in [0.1, 0.15) is 31.7 Å². The van der Waals surface area contributed by atoms with E-state index in [-0.39, 0.29) is 16.9 Å². The molecule has 2 fully saturated rings. The van der Waals surface area contributed by atoms with Crippen molar-refractivity contribution in [2.24, 2.45) is 5.92 Å². The van der Waals surface area contributed by atoms with Crippen LogP contribution in [0.2, 0.25) is 0 Å². The number of ether oxygens (including phenoxy) is 1. The summed E-state index contributed by atoms with van der Waals surface area (Å²) < 4.78 is 47.3. The fourth-order valence-electron chi connectivity index (χ4n) is 3.79. The molecule has 0 bridgehead atoms. The lowest BCUT2D eigenvalue weighted by Gasteiger charge is -2.42. The van der Waals surface area contributed by atoms with E-state index in [4.69, 9.17) is 4.74 Å². The number of aryl methyl sites for hydroxylation is 1. The number of hydrogen-bond donors (Lipinski definition) is 1. The zero-order valence-corrected chi connectivity index (χ0v) is 14.9. The summed E-state index contributed by atoms with van der Waals surface area (Å²) in [6.45, 7) is 4.41. The Morgan fingerprint density at radius 2 is 2.17 bits per heavy atom. The summed E-state index contributed by atoms with van der Waals surface area (Å²) in [6.07, 6.45) is 1.82. The second kappa shape index (κ2) is 6.37. The lowest BCUT2D eigenvalue weighted by atomic mass is 9.80. The van der Waals surface area contributed by atoms with E-state index in [9.17, 15) is 17.9 Å². The van der Waals surface area contributed by atoms with Crippen LogP contribution >= 0.6 is 0 Å². The third-order valence-corrected chi connectivity index (χ3v) is 7.25. The van der Waals surface area contributed by atoms with Crippen LogP contribution in [0.3, 0.4) is 0 Å². The minimum Gasteiger partial charge on any atom is -0.390 e. The van der Waals surface area contributed by atoms with Crippen LogP contribution in [0, 0.1) is 18.7 Å². The van der Waals surface area contributed by atoms with E-state index in [0.717, 1.165) is 0 Å². The van der Waals surface area contributed by atoms with Gasteiger partial charge in [-0.15, -0.1) is 0 Å². The van der Waals surface area contributed by atoms with Crippen LogP contribution in [-0.2, 0) is 14.8 Å². The normalized spacial score (nSPS) is 32.2. The first-order valence-corrected chi connectivity index (χ1v) is 9.76. The highest BCUT2D eigenvalue weighted by molar-refractivity contribution is 7.89. The van der Waals surface area contributed by atoms with E-state index in [1.165, 1.54) is 10.4 Å². The molecule has 3 rings (SSSR count). The zero-order valence-electron chi connectivity index (χ0n) is 14.0. The van der Waals surface area contributed by atoms with E-state index in [1.807, 2.05) is 0 Å². The van der Waals surface area contributed by atoms with E-state index < -0.39 is 21.4 Å². The van der Waals surface area contributed by atoms with Gasteiger partial charge in [0.05, 0.1) is 12.2 Å². The predicted molar refractivity (Wildman–Crippen MR) is 87.6 cm³/mol. The molecule has 24 heavy (non-hydrogen) atoms. The minimum absolute atomic E-state index is 0.286. The Kier molecular flexibility index (Phi) is 4.72. The summed E-state index contributed by atoms with van der Waals surface area (Å²) >= 11 is 0. The monoisotopic (exact) mass is 357 g/mol. The van der Waals surface area contributed by atoms with Gasteiger partial charge in [0.25, 0.3) is 0 Å². The minimum atomic E-state index is -3.95. The maximum atomic E-state index is 14.4. The van der Waals surface area contributed by atoms with Crippen molar-refractivity contribution < 1.29 is 22.7 Å². The molecule has 0 aromatic heterocycles. The highest BCUT2D eigenvalue weighted by Crippen LogP contribution is 2.38. The predicted octanol–water partition coefficient (Wildman–Crippen LogP) is 2.07. The Labute approximate surface area is 142 Å². The van der Waals surface area contributed by atoms with Crippen LogP contribution in [0.25, 0.3) is 0 Å². The molecule has 0 amide bonds. The van der Waals surface area contributed by atoms with Crippen molar-refractivity contribution in [3.8, 4) is 0 Å². The number of hydrogen-bond acceptors (Lipinski definition) is 4. The highest BCUT2D eigenvalue weighted by Gasteiger charge is 2.48. The Hall–Kier alpha value is -1.02. The van der Waals surface area contributed by atoms with E-state index in [2.05, 4.69) is 0 Å². The highest BCUT2D eigenvalue weighted by atomic mass is 32.2. The van der Waals surface area contributed by atoms with Crippen LogP contribution in [-0.4, -0.2) is 49.2 Å². The average Bonchev–Trinajstić information content (AvgIpc) is 2.99. The molecule has 3 atom stereocenters. The lowest BCUT2D eigenvalue weighted by Crippen LogP contribution is -2.53. The van der Waals surface area contributed by atoms with Gasteiger partial charge in [-0.1, -0.05) is 12.1 Å².